The van der Waals surface area contributed by atoms with Crippen molar-refractivity contribution in [3.63, 3.8) is 0 Å². The zero-order chi connectivity index (χ0) is 20.5. The number of para-hydroxylation sites is 1. The fourth-order valence-electron chi connectivity index (χ4n) is 2.80. The lowest BCUT2D eigenvalue weighted by Crippen LogP contribution is -2.40. The summed E-state index contributed by atoms with van der Waals surface area (Å²) < 4.78 is 11.3. The number of hydrogen-bond donors (Lipinski definition) is 1. The van der Waals surface area contributed by atoms with Crippen LogP contribution < -0.4 is 10.1 Å². The van der Waals surface area contributed by atoms with Crippen molar-refractivity contribution in [2.75, 3.05) is 34.4 Å². The van der Waals surface area contributed by atoms with E-state index in [1.807, 2.05) is 26.1 Å². The topological polar surface area (TPSA) is 59.0 Å². The number of methoxy groups -OCH3 is 1. The van der Waals surface area contributed by atoms with Crippen LogP contribution in [-0.4, -0.2) is 50.2 Å². The van der Waals surface area contributed by atoms with E-state index in [2.05, 4.69) is 51.6 Å². The lowest BCUT2D eigenvalue weighted by molar-refractivity contribution is 0.119. The molecule has 0 radical (unpaired) electrons. The standard InChI is InChI=1S/C21H32N4O2S/c1-15(2)18-9-7-8-10-19(18)27-12-11-23-21(22-4)25(5)13-17-14-28-20(24-17)16(3)26-6/h7-10,14-16H,11-13H2,1-6H3,(H,22,23). The van der Waals surface area contributed by atoms with Crippen molar-refractivity contribution < 1.29 is 9.47 Å². The van der Waals surface area contributed by atoms with Crippen LogP contribution in [-0.2, 0) is 11.3 Å². The molecule has 0 spiro atoms. The predicted octanol–water partition coefficient (Wildman–Crippen LogP) is 4.06. The highest BCUT2D eigenvalue weighted by atomic mass is 32.1. The summed E-state index contributed by atoms with van der Waals surface area (Å²) in [6, 6.07) is 8.20. The molecule has 0 fully saturated rings. The summed E-state index contributed by atoms with van der Waals surface area (Å²) in [5, 5.41) is 6.41. The Bertz CT molecular complexity index is 760. The highest BCUT2D eigenvalue weighted by molar-refractivity contribution is 7.09. The lowest BCUT2D eigenvalue weighted by atomic mass is 10.0. The Hall–Kier alpha value is -2.12. The van der Waals surface area contributed by atoms with Gasteiger partial charge in [-0.2, -0.15) is 0 Å². The fourth-order valence-corrected chi connectivity index (χ4v) is 3.64. The van der Waals surface area contributed by atoms with E-state index in [0.29, 0.717) is 25.6 Å². The maximum absolute atomic E-state index is 5.97. The van der Waals surface area contributed by atoms with Gasteiger partial charge in [-0.15, -0.1) is 11.3 Å². The van der Waals surface area contributed by atoms with Crippen LogP contribution in [0.4, 0.5) is 0 Å². The minimum atomic E-state index is 0.0207. The van der Waals surface area contributed by atoms with Crippen molar-refractivity contribution in [1.82, 2.24) is 15.2 Å². The Balaban J connectivity index is 1.83. The molecule has 0 bridgehead atoms. The van der Waals surface area contributed by atoms with Gasteiger partial charge in [0.15, 0.2) is 5.96 Å². The predicted molar refractivity (Wildman–Crippen MR) is 116 cm³/mol. The Labute approximate surface area is 172 Å². The normalized spacial score (nSPS) is 12.9. The number of benzene rings is 1. The number of hydrogen-bond acceptors (Lipinski definition) is 5. The molecule has 2 aromatic rings. The zero-order valence-electron chi connectivity index (χ0n) is 17.7. The van der Waals surface area contributed by atoms with Crippen molar-refractivity contribution in [3.05, 3.63) is 45.9 Å². The third-order valence-corrected chi connectivity index (χ3v) is 5.48. The second-order valence-electron chi connectivity index (χ2n) is 6.93. The average Bonchev–Trinajstić information content (AvgIpc) is 3.15. The van der Waals surface area contributed by atoms with Gasteiger partial charge in [-0.05, 0) is 24.5 Å². The molecule has 1 heterocycles. The first-order valence-corrected chi connectivity index (χ1v) is 10.4. The summed E-state index contributed by atoms with van der Waals surface area (Å²) in [5.41, 5.74) is 2.24. The molecule has 0 aliphatic heterocycles. The van der Waals surface area contributed by atoms with E-state index in [0.717, 1.165) is 22.4 Å². The Morgan fingerprint density at radius 2 is 2.04 bits per heavy atom. The van der Waals surface area contributed by atoms with E-state index >= 15 is 0 Å². The largest absolute Gasteiger partial charge is 0.491 e. The molecule has 6 nitrogen and oxygen atoms in total. The summed E-state index contributed by atoms with van der Waals surface area (Å²) in [7, 11) is 5.49. The maximum Gasteiger partial charge on any atom is 0.193 e. The van der Waals surface area contributed by atoms with E-state index in [1.54, 1.807) is 25.5 Å². The van der Waals surface area contributed by atoms with E-state index in [9.17, 15) is 0 Å². The second kappa shape index (κ2) is 11.0. The van der Waals surface area contributed by atoms with Crippen molar-refractivity contribution in [2.45, 2.75) is 39.3 Å². The molecule has 0 amide bonds. The molecule has 0 saturated heterocycles. The van der Waals surface area contributed by atoms with E-state index in [-0.39, 0.29) is 6.10 Å². The van der Waals surface area contributed by atoms with Gasteiger partial charge in [0.2, 0.25) is 0 Å². The van der Waals surface area contributed by atoms with Crippen molar-refractivity contribution in [3.8, 4) is 5.75 Å². The van der Waals surface area contributed by atoms with E-state index < -0.39 is 0 Å². The molecular formula is C21H32N4O2S. The van der Waals surface area contributed by atoms with Crippen molar-refractivity contribution in [1.29, 1.82) is 0 Å². The summed E-state index contributed by atoms with van der Waals surface area (Å²) in [5.74, 6) is 2.20. The average molecular weight is 405 g/mol. The fraction of sp³-hybridized carbons (Fsp3) is 0.524. The van der Waals surface area contributed by atoms with Crippen LogP contribution in [0.1, 0.15) is 49.1 Å². The van der Waals surface area contributed by atoms with Gasteiger partial charge in [-0.1, -0.05) is 32.0 Å². The van der Waals surface area contributed by atoms with Gasteiger partial charge < -0.3 is 19.7 Å². The molecule has 1 unspecified atom stereocenters. The summed E-state index contributed by atoms with van der Waals surface area (Å²) in [4.78, 5) is 11.1. The molecule has 1 aromatic heterocycles. The number of guanidine groups is 1. The van der Waals surface area contributed by atoms with Gasteiger partial charge in [-0.3, -0.25) is 4.99 Å². The first-order valence-electron chi connectivity index (χ1n) is 9.56. The number of aliphatic imine (C=N–C) groups is 1. The van der Waals surface area contributed by atoms with Crippen LogP contribution in [0.2, 0.25) is 0 Å². The Kier molecular flexibility index (Phi) is 8.73. The minimum Gasteiger partial charge on any atom is -0.491 e. The Morgan fingerprint density at radius 3 is 2.71 bits per heavy atom. The molecule has 1 N–H and O–H groups in total. The number of aromatic nitrogens is 1. The molecule has 2 rings (SSSR count). The molecule has 1 atom stereocenters. The number of nitrogens with one attached hydrogen (secondary N) is 1. The summed E-state index contributed by atoms with van der Waals surface area (Å²) in [6.07, 6.45) is 0.0207. The van der Waals surface area contributed by atoms with Gasteiger partial charge in [0.25, 0.3) is 0 Å². The van der Waals surface area contributed by atoms with E-state index in [1.165, 1.54) is 5.56 Å². The maximum atomic E-state index is 5.97. The molecule has 7 heteroatoms. The highest BCUT2D eigenvalue weighted by Gasteiger charge is 2.13. The van der Waals surface area contributed by atoms with Crippen molar-refractivity contribution >= 4 is 17.3 Å². The molecule has 0 saturated carbocycles. The van der Waals surface area contributed by atoms with Crippen LogP contribution in [0.15, 0.2) is 34.6 Å². The first-order chi connectivity index (χ1) is 13.5. The van der Waals surface area contributed by atoms with E-state index in [4.69, 9.17) is 9.47 Å². The van der Waals surface area contributed by atoms with Gasteiger partial charge >= 0.3 is 0 Å². The van der Waals surface area contributed by atoms with Crippen LogP contribution in [0.3, 0.4) is 0 Å². The van der Waals surface area contributed by atoms with Gasteiger partial charge in [0.05, 0.1) is 18.8 Å². The molecule has 154 valence electrons. The number of nitrogens with zero attached hydrogens (tertiary/aromatic N) is 3. The van der Waals surface area contributed by atoms with Gasteiger partial charge in [0, 0.05) is 26.6 Å². The van der Waals surface area contributed by atoms with Crippen LogP contribution in [0, 0.1) is 0 Å². The van der Waals surface area contributed by atoms with Gasteiger partial charge in [-0.25, -0.2) is 4.98 Å². The quantitative estimate of drug-likeness (QED) is 0.388. The molecular weight excluding hydrogens is 372 g/mol. The van der Waals surface area contributed by atoms with Crippen LogP contribution >= 0.6 is 11.3 Å². The third-order valence-electron chi connectivity index (χ3n) is 4.43. The van der Waals surface area contributed by atoms with Crippen molar-refractivity contribution in [2.24, 2.45) is 4.99 Å². The zero-order valence-corrected chi connectivity index (χ0v) is 18.5. The number of ether oxygens (including phenoxy) is 2. The highest BCUT2D eigenvalue weighted by Crippen LogP contribution is 2.25. The second-order valence-corrected chi connectivity index (χ2v) is 7.82. The lowest BCUT2D eigenvalue weighted by Gasteiger charge is -2.21. The molecule has 0 aliphatic carbocycles. The molecule has 0 aliphatic rings. The third kappa shape index (κ3) is 6.21. The Morgan fingerprint density at radius 1 is 1.29 bits per heavy atom. The summed E-state index contributed by atoms with van der Waals surface area (Å²) >= 11 is 1.62. The first kappa shape index (κ1) is 22.2. The molecule has 28 heavy (non-hydrogen) atoms. The number of rotatable bonds is 9. The monoisotopic (exact) mass is 404 g/mol. The number of thiazole rings is 1. The molecule has 1 aromatic carbocycles. The minimum absolute atomic E-state index is 0.0207. The van der Waals surface area contributed by atoms with Crippen LogP contribution in [0.25, 0.3) is 0 Å². The van der Waals surface area contributed by atoms with Crippen LogP contribution in [0.5, 0.6) is 5.75 Å². The van der Waals surface area contributed by atoms with Gasteiger partial charge in [0.1, 0.15) is 23.5 Å². The SMILES string of the molecule is CN=C(NCCOc1ccccc1C(C)C)N(C)Cc1csc(C(C)OC)n1. The smallest absolute Gasteiger partial charge is 0.193 e. The summed E-state index contributed by atoms with van der Waals surface area (Å²) in [6.45, 7) is 8.28.